The number of rotatable bonds is 4. The molecule has 0 bridgehead atoms. The molecule has 0 saturated carbocycles. The first-order valence-corrected chi connectivity index (χ1v) is 8.11. The van der Waals surface area contributed by atoms with Crippen molar-refractivity contribution in [3.05, 3.63) is 65.1 Å². The van der Waals surface area contributed by atoms with Crippen LogP contribution in [-0.2, 0) is 4.79 Å². The van der Waals surface area contributed by atoms with Crippen LogP contribution in [0.25, 0.3) is 5.57 Å². The van der Waals surface area contributed by atoms with Crippen LogP contribution < -0.4 is 10.1 Å². The summed E-state index contributed by atoms with van der Waals surface area (Å²) in [7, 11) is 3.63. The second-order valence-corrected chi connectivity index (χ2v) is 6.34. The van der Waals surface area contributed by atoms with Gasteiger partial charge in [-0.1, -0.05) is 6.07 Å². The summed E-state index contributed by atoms with van der Waals surface area (Å²) in [5.74, 6) is -0.290. The number of aryl methyl sites for hydroxylation is 1. The lowest BCUT2D eigenvalue weighted by molar-refractivity contribution is -0.118. The van der Waals surface area contributed by atoms with E-state index in [2.05, 4.69) is 5.32 Å². The van der Waals surface area contributed by atoms with Gasteiger partial charge in [-0.3, -0.25) is 9.59 Å². The molecule has 1 heterocycles. The van der Waals surface area contributed by atoms with Gasteiger partial charge in [0.05, 0.1) is 5.69 Å². The van der Waals surface area contributed by atoms with Gasteiger partial charge in [0.1, 0.15) is 11.6 Å². The summed E-state index contributed by atoms with van der Waals surface area (Å²) in [5, 5.41) is 2.74. The molecule has 0 fully saturated rings. The first-order valence-electron chi connectivity index (χ1n) is 8.11. The number of amides is 1. The van der Waals surface area contributed by atoms with Crippen molar-refractivity contribution in [3.63, 3.8) is 0 Å². The third kappa shape index (κ3) is 3.59. The van der Waals surface area contributed by atoms with Gasteiger partial charge in [0.25, 0.3) is 5.91 Å². The third-order valence-electron chi connectivity index (χ3n) is 3.99. The number of anilines is 1. The Bertz CT molecular complexity index is 919. The van der Waals surface area contributed by atoms with Crippen molar-refractivity contribution in [2.75, 3.05) is 26.0 Å². The molecule has 6 heteroatoms. The van der Waals surface area contributed by atoms with Crippen LogP contribution in [-0.4, -0.2) is 37.3 Å². The quantitative estimate of drug-likeness (QED) is 0.676. The molecule has 1 N–H and O–H groups in total. The van der Waals surface area contributed by atoms with Gasteiger partial charge in [-0.15, -0.1) is 0 Å². The predicted molar refractivity (Wildman–Crippen MR) is 97.7 cm³/mol. The first-order chi connectivity index (χ1) is 12.3. The molecule has 1 aliphatic rings. The topological polar surface area (TPSA) is 58.6 Å². The number of nitrogens with zero attached hydrogens (tertiary/aromatic N) is 1. The fourth-order valence-corrected chi connectivity index (χ4v) is 2.80. The fourth-order valence-electron chi connectivity index (χ4n) is 2.80. The van der Waals surface area contributed by atoms with Crippen molar-refractivity contribution >= 4 is 23.0 Å². The molecule has 0 radical (unpaired) electrons. The molecule has 26 heavy (non-hydrogen) atoms. The van der Waals surface area contributed by atoms with E-state index in [0.29, 0.717) is 33.7 Å². The number of carbonyl (C=O) groups is 2. The Balaban J connectivity index is 2.06. The number of Topliss-reactive ketones (excluding diaryl/α,β-unsaturated/α-hetero) is 1. The molecule has 3 rings (SSSR count). The molecule has 2 aromatic carbocycles. The molecule has 0 atom stereocenters. The minimum Gasteiger partial charge on any atom is -0.482 e. The van der Waals surface area contributed by atoms with Crippen LogP contribution in [0.1, 0.15) is 21.5 Å². The van der Waals surface area contributed by atoms with Crippen molar-refractivity contribution in [1.29, 1.82) is 0 Å². The summed E-state index contributed by atoms with van der Waals surface area (Å²) < 4.78 is 18.7. The molecule has 2 aromatic rings. The molecule has 0 saturated heterocycles. The lowest BCUT2D eigenvalue weighted by atomic mass is 9.94. The second kappa shape index (κ2) is 7.00. The Kier molecular flexibility index (Phi) is 4.75. The Morgan fingerprint density at radius 2 is 2.00 bits per heavy atom. The van der Waals surface area contributed by atoms with Gasteiger partial charge >= 0.3 is 0 Å². The summed E-state index contributed by atoms with van der Waals surface area (Å²) >= 11 is 0. The molecule has 0 aliphatic carbocycles. The highest BCUT2D eigenvalue weighted by Crippen LogP contribution is 2.32. The molecule has 0 spiro atoms. The van der Waals surface area contributed by atoms with Gasteiger partial charge in [0.2, 0.25) is 0 Å². The molecule has 0 aromatic heterocycles. The lowest BCUT2D eigenvalue weighted by Crippen LogP contribution is -2.25. The maximum absolute atomic E-state index is 13.4. The van der Waals surface area contributed by atoms with Crippen LogP contribution in [0.4, 0.5) is 10.1 Å². The van der Waals surface area contributed by atoms with Gasteiger partial charge in [-0.25, -0.2) is 4.39 Å². The van der Waals surface area contributed by atoms with E-state index < -0.39 is 0 Å². The number of hydrogen-bond donors (Lipinski definition) is 1. The minimum atomic E-state index is -0.383. The average Bonchev–Trinajstić information content (AvgIpc) is 2.58. The van der Waals surface area contributed by atoms with E-state index in [9.17, 15) is 14.0 Å². The largest absolute Gasteiger partial charge is 0.482 e. The van der Waals surface area contributed by atoms with Crippen molar-refractivity contribution in [2.24, 2.45) is 0 Å². The highest BCUT2D eigenvalue weighted by Gasteiger charge is 2.21. The lowest BCUT2D eigenvalue weighted by Gasteiger charge is -2.20. The molecule has 134 valence electrons. The third-order valence-corrected chi connectivity index (χ3v) is 3.99. The number of benzene rings is 2. The Labute approximate surface area is 151 Å². The van der Waals surface area contributed by atoms with E-state index >= 15 is 0 Å². The van der Waals surface area contributed by atoms with E-state index in [1.54, 1.807) is 36.2 Å². The highest BCUT2D eigenvalue weighted by atomic mass is 19.1. The number of hydrogen-bond acceptors (Lipinski definition) is 4. The van der Waals surface area contributed by atoms with E-state index in [1.165, 1.54) is 18.2 Å². The van der Waals surface area contributed by atoms with Crippen molar-refractivity contribution in [1.82, 2.24) is 4.90 Å². The number of allylic oxidation sites excluding steroid dienone is 1. The summed E-state index contributed by atoms with van der Waals surface area (Å²) in [5.41, 5.74) is 2.59. The number of nitrogens with one attached hydrogen (secondary N) is 1. The van der Waals surface area contributed by atoms with Crippen molar-refractivity contribution < 1.29 is 18.7 Å². The summed E-state index contributed by atoms with van der Waals surface area (Å²) in [6.07, 6.45) is 1.71. The second-order valence-electron chi connectivity index (χ2n) is 6.34. The normalized spacial score (nSPS) is 13.5. The predicted octanol–water partition coefficient (Wildman–Crippen LogP) is 3.25. The number of carbonyl (C=O) groups excluding carboxylic acids is 2. The van der Waals surface area contributed by atoms with Crippen LogP contribution in [0.5, 0.6) is 5.75 Å². The number of ketones is 1. The summed E-state index contributed by atoms with van der Waals surface area (Å²) in [6.45, 7) is 1.67. The number of ether oxygens (including phenoxy) is 1. The van der Waals surface area contributed by atoms with Gasteiger partial charge in [0, 0.05) is 31.4 Å². The first kappa shape index (κ1) is 17.7. The maximum atomic E-state index is 13.4. The number of halogens is 1. The zero-order valence-corrected chi connectivity index (χ0v) is 14.8. The smallest absolute Gasteiger partial charge is 0.262 e. The van der Waals surface area contributed by atoms with Crippen LogP contribution >= 0.6 is 0 Å². The van der Waals surface area contributed by atoms with Crippen LogP contribution in [0.2, 0.25) is 0 Å². The molecular weight excluding hydrogens is 335 g/mol. The van der Waals surface area contributed by atoms with Crippen LogP contribution in [0.15, 0.2) is 42.6 Å². The van der Waals surface area contributed by atoms with Gasteiger partial charge in [-0.05, 0) is 48.4 Å². The van der Waals surface area contributed by atoms with Gasteiger partial charge < -0.3 is 15.0 Å². The summed E-state index contributed by atoms with van der Waals surface area (Å²) in [6, 6.07) is 9.29. The molecule has 1 amide bonds. The SMILES string of the molecule is Cc1cc(F)ccc1C(=O)C(=CN(C)C)c1ccc2c(c1)NC(=O)CO2. The zero-order valence-electron chi connectivity index (χ0n) is 14.8. The monoisotopic (exact) mass is 354 g/mol. The Morgan fingerprint density at radius 3 is 2.69 bits per heavy atom. The van der Waals surface area contributed by atoms with E-state index in [0.717, 1.165) is 0 Å². The molecule has 1 aliphatic heterocycles. The maximum Gasteiger partial charge on any atom is 0.262 e. The van der Waals surface area contributed by atoms with Crippen LogP contribution in [0.3, 0.4) is 0 Å². The van der Waals surface area contributed by atoms with Gasteiger partial charge in [-0.2, -0.15) is 0 Å². The van der Waals surface area contributed by atoms with Crippen LogP contribution in [0, 0.1) is 12.7 Å². The Morgan fingerprint density at radius 1 is 1.23 bits per heavy atom. The van der Waals surface area contributed by atoms with E-state index in [4.69, 9.17) is 4.74 Å². The molecule has 5 nitrogen and oxygen atoms in total. The molecule has 0 unspecified atom stereocenters. The summed E-state index contributed by atoms with van der Waals surface area (Å²) in [4.78, 5) is 26.4. The highest BCUT2D eigenvalue weighted by molar-refractivity contribution is 6.29. The molecular formula is C20H19FN2O3. The zero-order chi connectivity index (χ0) is 18.8. The van der Waals surface area contributed by atoms with Crippen molar-refractivity contribution in [2.45, 2.75) is 6.92 Å². The minimum absolute atomic E-state index is 0.0273. The average molecular weight is 354 g/mol. The van der Waals surface area contributed by atoms with E-state index in [-0.39, 0.29) is 24.1 Å². The van der Waals surface area contributed by atoms with Gasteiger partial charge in [0.15, 0.2) is 12.4 Å². The fraction of sp³-hybridized carbons (Fsp3) is 0.200. The van der Waals surface area contributed by atoms with E-state index in [1.807, 2.05) is 14.1 Å². The number of fused-ring (bicyclic) bond motifs is 1. The van der Waals surface area contributed by atoms with Crippen molar-refractivity contribution in [3.8, 4) is 5.75 Å². The Hall–Kier alpha value is -3.15. The standard InChI is InChI=1S/C20H19FN2O3/c1-12-8-14(21)5-6-15(12)20(25)16(10-23(2)3)13-4-7-18-17(9-13)22-19(24)11-26-18/h4-10H,11H2,1-3H3,(H,22,24).